The summed E-state index contributed by atoms with van der Waals surface area (Å²) in [6, 6.07) is 14.4. The van der Waals surface area contributed by atoms with Gasteiger partial charge in [0.1, 0.15) is 11.8 Å². The lowest BCUT2D eigenvalue weighted by molar-refractivity contribution is -0.118. The van der Waals surface area contributed by atoms with Gasteiger partial charge < -0.3 is 10.4 Å². The number of aromatic hydroxyl groups is 1. The number of phenolic OH excluding ortho intramolecular Hbond substituents is 1. The second-order valence-corrected chi connectivity index (χ2v) is 7.26. The van der Waals surface area contributed by atoms with Crippen molar-refractivity contribution in [3.8, 4) is 11.8 Å². The number of carbonyl (C=O) groups excluding carboxylic acids is 1. The van der Waals surface area contributed by atoms with E-state index < -0.39 is 0 Å². The summed E-state index contributed by atoms with van der Waals surface area (Å²) in [5, 5.41) is 22.6. The first-order valence-corrected chi connectivity index (χ1v) is 9.45. The highest BCUT2D eigenvalue weighted by Gasteiger charge is 2.25. The topological polar surface area (TPSA) is 76.4 Å². The second kappa shape index (κ2) is 8.90. The zero-order valence-electron chi connectivity index (χ0n) is 15.0. The molecule has 1 aliphatic carbocycles. The lowest BCUT2D eigenvalue weighted by Gasteiger charge is -2.28. The number of rotatable bonds is 6. The van der Waals surface area contributed by atoms with Gasteiger partial charge >= 0.3 is 0 Å². The van der Waals surface area contributed by atoms with Gasteiger partial charge in [-0.15, -0.1) is 0 Å². The number of nitrogens with one attached hydrogen (secondary N) is 1. The Morgan fingerprint density at radius 1 is 1.26 bits per heavy atom. The molecule has 0 saturated heterocycles. The number of para-hydroxylation sites is 1. The summed E-state index contributed by atoms with van der Waals surface area (Å²) in [7, 11) is 0. The van der Waals surface area contributed by atoms with E-state index in [1.165, 1.54) is 0 Å². The van der Waals surface area contributed by atoms with Gasteiger partial charge in [0.05, 0.1) is 17.8 Å². The Morgan fingerprint density at radius 3 is 2.70 bits per heavy atom. The molecule has 27 heavy (non-hydrogen) atoms. The van der Waals surface area contributed by atoms with Gasteiger partial charge in [0.25, 0.3) is 0 Å². The third kappa shape index (κ3) is 5.00. The first-order valence-electron chi connectivity index (χ1n) is 9.07. The van der Waals surface area contributed by atoms with Gasteiger partial charge in [-0.2, -0.15) is 5.26 Å². The number of carbonyl (C=O) groups is 1. The fraction of sp³-hybridized carbons (Fsp3) is 0.333. The van der Waals surface area contributed by atoms with Crippen molar-refractivity contribution in [1.29, 1.82) is 5.26 Å². The summed E-state index contributed by atoms with van der Waals surface area (Å²) < 4.78 is 0. The van der Waals surface area contributed by atoms with Crippen LogP contribution in [-0.2, 0) is 11.3 Å². The predicted molar refractivity (Wildman–Crippen MR) is 106 cm³/mol. The van der Waals surface area contributed by atoms with Crippen LogP contribution in [-0.4, -0.2) is 28.5 Å². The Kier molecular flexibility index (Phi) is 6.33. The van der Waals surface area contributed by atoms with E-state index in [-0.39, 0.29) is 18.2 Å². The normalized spacial score (nSPS) is 14.3. The quantitative estimate of drug-likeness (QED) is 0.779. The average molecular weight is 384 g/mol. The smallest absolute Gasteiger partial charge is 0.238 e. The molecule has 2 N–H and O–H groups in total. The van der Waals surface area contributed by atoms with Crippen molar-refractivity contribution in [2.75, 3.05) is 11.9 Å². The molecule has 1 amide bonds. The van der Waals surface area contributed by atoms with Crippen LogP contribution in [0.5, 0.6) is 5.75 Å². The highest BCUT2D eigenvalue weighted by atomic mass is 35.5. The van der Waals surface area contributed by atoms with Gasteiger partial charge in [-0.3, -0.25) is 9.69 Å². The molecule has 0 aliphatic heterocycles. The van der Waals surface area contributed by atoms with Crippen LogP contribution in [0.4, 0.5) is 5.69 Å². The van der Waals surface area contributed by atoms with Gasteiger partial charge in [0.2, 0.25) is 5.91 Å². The highest BCUT2D eigenvalue weighted by molar-refractivity contribution is 6.31. The third-order valence-electron chi connectivity index (χ3n) is 4.93. The zero-order valence-corrected chi connectivity index (χ0v) is 15.7. The predicted octanol–water partition coefficient (Wildman–Crippen LogP) is 4.30. The molecule has 0 heterocycles. The van der Waals surface area contributed by atoms with Gasteiger partial charge in [0, 0.05) is 23.2 Å². The molecular formula is C21H22ClN3O2. The van der Waals surface area contributed by atoms with Crippen molar-refractivity contribution in [3.63, 3.8) is 0 Å². The zero-order chi connectivity index (χ0) is 19.2. The van der Waals surface area contributed by atoms with Crippen LogP contribution in [0.3, 0.4) is 0 Å². The lowest BCUT2D eigenvalue weighted by Crippen LogP contribution is -2.39. The van der Waals surface area contributed by atoms with Crippen LogP contribution >= 0.6 is 11.6 Å². The SMILES string of the molecule is N#Cc1ccc(Cl)cc1NC(=O)CN(Cc1ccccc1O)C1CCCC1. The molecule has 0 aromatic heterocycles. The van der Waals surface area contributed by atoms with Crippen molar-refractivity contribution >= 4 is 23.2 Å². The molecule has 1 saturated carbocycles. The molecule has 0 unspecified atom stereocenters. The number of benzene rings is 2. The summed E-state index contributed by atoms with van der Waals surface area (Å²) >= 11 is 5.99. The van der Waals surface area contributed by atoms with E-state index in [0.717, 1.165) is 31.2 Å². The van der Waals surface area contributed by atoms with Crippen LogP contribution in [0.15, 0.2) is 42.5 Å². The molecule has 1 aliphatic rings. The van der Waals surface area contributed by atoms with E-state index in [9.17, 15) is 15.2 Å². The number of hydrogen-bond acceptors (Lipinski definition) is 4. The lowest BCUT2D eigenvalue weighted by atomic mass is 10.1. The fourth-order valence-corrected chi connectivity index (χ4v) is 3.71. The first kappa shape index (κ1) is 19.2. The molecule has 5 nitrogen and oxygen atoms in total. The standard InChI is InChI=1S/C21H22ClN3O2/c22-17-10-9-15(12-23)19(11-17)24-21(27)14-25(18-6-2-3-7-18)13-16-5-1-4-8-20(16)26/h1,4-5,8-11,18,26H,2-3,6-7,13-14H2,(H,24,27). The Bertz CT molecular complexity index is 857. The van der Waals surface area contributed by atoms with E-state index in [4.69, 9.17) is 11.6 Å². The number of hydrogen-bond donors (Lipinski definition) is 2. The van der Waals surface area contributed by atoms with Crippen molar-refractivity contribution in [2.24, 2.45) is 0 Å². The van der Waals surface area contributed by atoms with E-state index in [1.54, 1.807) is 30.3 Å². The van der Waals surface area contributed by atoms with E-state index in [2.05, 4.69) is 16.3 Å². The molecule has 1 fully saturated rings. The minimum atomic E-state index is -0.198. The minimum Gasteiger partial charge on any atom is -0.508 e. The maximum Gasteiger partial charge on any atom is 0.238 e. The van der Waals surface area contributed by atoms with Gasteiger partial charge in [-0.25, -0.2) is 0 Å². The second-order valence-electron chi connectivity index (χ2n) is 6.82. The average Bonchev–Trinajstić information content (AvgIpc) is 3.18. The Hall–Kier alpha value is -2.55. The monoisotopic (exact) mass is 383 g/mol. The molecule has 2 aromatic rings. The molecule has 0 radical (unpaired) electrons. The van der Waals surface area contributed by atoms with Gasteiger partial charge in [-0.05, 0) is 37.1 Å². The Balaban J connectivity index is 1.74. The van der Waals surface area contributed by atoms with Crippen molar-refractivity contribution < 1.29 is 9.90 Å². The maximum absolute atomic E-state index is 12.7. The first-order chi connectivity index (χ1) is 13.1. The largest absolute Gasteiger partial charge is 0.508 e. The summed E-state index contributed by atoms with van der Waals surface area (Å²) in [5.74, 6) is 0.0404. The van der Waals surface area contributed by atoms with Crippen LogP contribution in [0.2, 0.25) is 5.02 Å². The summed E-state index contributed by atoms with van der Waals surface area (Å²) in [6.45, 7) is 0.696. The van der Waals surface area contributed by atoms with Gasteiger partial charge in [0.15, 0.2) is 0 Å². The fourth-order valence-electron chi connectivity index (χ4n) is 3.54. The Morgan fingerprint density at radius 2 is 2.00 bits per heavy atom. The number of phenols is 1. The van der Waals surface area contributed by atoms with E-state index >= 15 is 0 Å². The van der Waals surface area contributed by atoms with Crippen LogP contribution < -0.4 is 5.32 Å². The van der Waals surface area contributed by atoms with Crippen molar-refractivity contribution in [1.82, 2.24) is 4.90 Å². The summed E-state index contributed by atoms with van der Waals surface area (Å²) in [5.41, 5.74) is 1.60. The number of anilines is 1. The van der Waals surface area contributed by atoms with Crippen LogP contribution in [0.1, 0.15) is 36.8 Å². The molecule has 0 spiro atoms. The molecule has 0 bridgehead atoms. The number of nitrogens with zero attached hydrogens (tertiary/aromatic N) is 2. The summed E-state index contributed by atoms with van der Waals surface area (Å²) in [4.78, 5) is 14.8. The molecule has 2 aromatic carbocycles. The molecule has 6 heteroatoms. The van der Waals surface area contributed by atoms with Crippen molar-refractivity contribution in [3.05, 3.63) is 58.6 Å². The maximum atomic E-state index is 12.7. The van der Waals surface area contributed by atoms with E-state index in [0.29, 0.717) is 28.9 Å². The molecule has 3 rings (SSSR count). The van der Waals surface area contributed by atoms with Crippen molar-refractivity contribution in [2.45, 2.75) is 38.3 Å². The molecular weight excluding hydrogens is 362 g/mol. The minimum absolute atomic E-state index is 0.191. The third-order valence-corrected chi connectivity index (χ3v) is 5.16. The molecule has 0 atom stereocenters. The number of halogens is 1. The van der Waals surface area contributed by atoms with Crippen LogP contribution in [0, 0.1) is 11.3 Å². The number of amides is 1. The summed E-state index contributed by atoms with van der Waals surface area (Å²) in [6.07, 6.45) is 4.38. The van der Waals surface area contributed by atoms with Crippen LogP contribution in [0.25, 0.3) is 0 Å². The highest BCUT2D eigenvalue weighted by Crippen LogP contribution is 2.27. The molecule has 140 valence electrons. The number of nitriles is 1. The van der Waals surface area contributed by atoms with E-state index in [1.807, 2.05) is 12.1 Å². The Labute approximate surface area is 164 Å². The van der Waals surface area contributed by atoms with Gasteiger partial charge in [-0.1, -0.05) is 42.6 Å².